The Bertz CT molecular complexity index is 379. The van der Waals surface area contributed by atoms with Crippen molar-refractivity contribution in [3.05, 3.63) is 35.9 Å². The molecule has 0 heterocycles. The molecule has 0 saturated heterocycles. The van der Waals surface area contributed by atoms with Crippen molar-refractivity contribution in [1.82, 2.24) is 5.32 Å². The van der Waals surface area contributed by atoms with Crippen LogP contribution in [0, 0.1) is 0 Å². The van der Waals surface area contributed by atoms with Crippen molar-refractivity contribution in [1.29, 1.82) is 0 Å². The second kappa shape index (κ2) is 6.65. The molecule has 92 valence electrons. The highest BCUT2D eigenvalue weighted by atomic mass is 16.5. The summed E-state index contributed by atoms with van der Waals surface area (Å²) < 4.78 is 5.05. The molecule has 0 aliphatic carbocycles. The van der Waals surface area contributed by atoms with Gasteiger partial charge in [0.25, 0.3) is 0 Å². The lowest BCUT2D eigenvalue weighted by molar-refractivity contribution is -0.148. The summed E-state index contributed by atoms with van der Waals surface area (Å²) >= 11 is 0. The molecule has 0 aromatic heterocycles. The van der Waals surface area contributed by atoms with Crippen LogP contribution in [-0.2, 0) is 20.9 Å². The SMILES string of the molecule is CC(=O)NC(CN)C(=O)OCc1ccccc1. The molecule has 0 fully saturated rings. The van der Waals surface area contributed by atoms with Gasteiger partial charge < -0.3 is 15.8 Å². The Hall–Kier alpha value is -1.88. The van der Waals surface area contributed by atoms with E-state index in [4.69, 9.17) is 10.5 Å². The van der Waals surface area contributed by atoms with Crippen LogP contribution in [0.2, 0.25) is 0 Å². The molecule has 1 aromatic rings. The summed E-state index contributed by atoms with van der Waals surface area (Å²) in [5, 5.41) is 2.43. The Morgan fingerprint density at radius 2 is 2.00 bits per heavy atom. The fraction of sp³-hybridized carbons (Fsp3) is 0.333. The van der Waals surface area contributed by atoms with Gasteiger partial charge in [-0.25, -0.2) is 4.79 Å². The minimum absolute atomic E-state index is 0.0210. The number of benzene rings is 1. The van der Waals surface area contributed by atoms with Crippen LogP contribution in [0.25, 0.3) is 0 Å². The van der Waals surface area contributed by atoms with Gasteiger partial charge in [0.15, 0.2) is 0 Å². The van der Waals surface area contributed by atoms with Gasteiger partial charge in [0.2, 0.25) is 5.91 Å². The molecule has 0 saturated carbocycles. The number of nitrogens with one attached hydrogen (secondary N) is 1. The van der Waals surface area contributed by atoms with E-state index in [0.29, 0.717) is 0 Å². The minimum Gasteiger partial charge on any atom is -0.459 e. The van der Waals surface area contributed by atoms with E-state index in [9.17, 15) is 9.59 Å². The largest absolute Gasteiger partial charge is 0.459 e. The quantitative estimate of drug-likeness (QED) is 0.715. The summed E-state index contributed by atoms with van der Waals surface area (Å²) in [5.74, 6) is -0.830. The van der Waals surface area contributed by atoms with Crippen LogP contribution >= 0.6 is 0 Å². The van der Waals surface area contributed by atoms with Gasteiger partial charge >= 0.3 is 5.97 Å². The standard InChI is InChI=1S/C12H16N2O3/c1-9(15)14-11(7-13)12(16)17-8-10-5-3-2-4-6-10/h2-6,11H,7-8,13H2,1H3,(H,14,15). The van der Waals surface area contributed by atoms with Crippen LogP contribution in [0.1, 0.15) is 12.5 Å². The maximum absolute atomic E-state index is 11.6. The second-order valence-electron chi connectivity index (χ2n) is 3.58. The zero-order valence-electron chi connectivity index (χ0n) is 9.68. The summed E-state index contributed by atoms with van der Waals surface area (Å²) in [6.45, 7) is 1.52. The maximum atomic E-state index is 11.6. The van der Waals surface area contributed by atoms with E-state index in [-0.39, 0.29) is 19.1 Å². The number of esters is 1. The van der Waals surface area contributed by atoms with Crippen molar-refractivity contribution in [3.8, 4) is 0 Å². The summed E-state index contributed by atoms with van der Waals surface area (Å²) in [6.07, 6.45) is 0. The van der Waals surface area contributed by atoms with Gasteiger partial charge in [0.1, 0.15) is 12.6 Å². The molecule has 0 bridgehead atoms. The van der Waals surface area contributed by atoms with Crippen LogP contribution < -0.4 is 11.1 Å². The molecule has 3 N–H and O–H groups in total. The molecular formula is C12H16N2O3. The molecule has 1 atom stereocenters. The van der Waals surface area contributed by atoms with Crippen molar-refractivity contribution < 1.29 is 14.3 Å². The zero-order valence-corrected chi connectivity index (χ0v) is 9.68. The van der Waals surface area contributed by atoms with Crippen molar-refractivity contribution >= 4 is 11.9 Å². The highest BCUT2D eigenvalue weighted by Crippen LogP contribution is 2.01. The van der Waals surface area contributed by atoms with E-state index < -0.39 is 12.0 Å². The summed E-state index contributed by atoms with van der Waals surface area (Å²) in [7, 11) is 0. The topological polar surface area (TPSA) is 81.4 Å². The molecule has 1 amide bonds. The number of hydrogen-bond acceptors (Lipinski definition) is 4. The first-order chi connectivity index (χ1) is 8.13. The van der Waals surface area contributed by atoms with Crippen LogP contribution in [0.3, 0.4) is 0 Å². The molecule has 0 aliphatic heterocycles. The number of nitrogens with two attached hydrogens (primary N) is 1. The Morgan fingerprint density at radius 3 is 2.53 bits per heavy atom. The van der Waals surface area contributed by atoms with Gasteiger partial charge in [-0.2, -0.15) is 0 Å². The lowest BCUT2D eigenvalue weighted by Gasteiger charge is -2.14. The number of hydrogen-bond donors (Lipinski definition) is 2. The predicted molar refractivity (Wildman–Crippen MR) is 62.9 cm³/mol. The average Bonchev–Trinajstić information content (AvgIpc) is 2.34. The van der Waals surface area contributed by atoms with Gasteiger partial charge in [-0.1, -0.05) is 30.3 Å². The number of ether oxygens (including phenoxy) is 1. The Labute approximate surface area is 99.9 Å². The fourth-order valence-electron chi connectivity index (χ4n) is 1.29. The molecule has 0 spiro atoms. The lowest BCUT2D eigenvalue weighted by Crippen LogP contribution is -2.45. The van der Waals surface area contributed by atoms with Crippen molar-refractivity contribution in [3.63, 3.8) is 0 Å². The lowest BCUT2D eigenvalue weighted by atomic mass is 10.2. The van der Waals surface area contributed by atoms with Crippen LogP contribution in [0.5, 0.6) is 0 Å². The molecule has 0 aliphatic rings. The van der Waals surface area contributed by atoms with E-state index in [0.717, 1.165) is 5.56 Å². The monoisotopic (exact) mass is 236 g/mol. The third kappa shape index (κ3) is 4.65. The molecule has 5 heteroatoms. The van der Waals surface area contributed by atoms with E-state index >= 15 is 0 Å². The first kappa shape index (κ1) is 13.2. The second-order valence-corrected chi connectivity index (χ2v) is 3.58. The third-order valence-electron chi connectivity index (χ3n) is 2.12. The first-order valence-electron chi connectivity index (χ1n) is 5.31. The van der Waals surface area contributed by atoms with E-state index in [2.05, 4.69) is 5.32 Å². The summed E-state index contributed by atoms with van der Waals surface area (Å²) in [4.78, 5) is 22.4. The summed E-state index contributed by atoms with van der Waals surface area (Å²) in [5.41, 5.74) is 6.26. The zero-order chi connectivity index (χ0) is 12.7. The third-order valence-corrected chi connectivity index (χ3v) is 2.12. The minimum atomic E-state index is -0.781. The number of rotatable bonds is 5. The highest BCUT2D eigenvalue weighted by Gasteiger charge is 2.18. The Morgan fingerprint density at radius 1 is 1.35 bits per heavy atom. The van der Waals surface area contributed by atoms with Gasteiger partial charge in [0, 0.05) is 13.5 Å². The first-order valence-corrected chi connectivity index (χ1v) is 5.31. The fourth-order valence-corrected chi connectivity index (χ4v) is 1.29. The van der Waals surface area contributed by atoms with Gasteiger partial charge in [-0.15, -0.1) is 0 Å². The van der Waals surface area contributed by atoms with Crippen LogP contribution in [-0.4, -0.2) is 24.5 Å². The van der Waals surface area contributed by atoms with Crippen molar-refractivity contribution in [2.75, 3.05) is 6.54 Å². The van der Waals surface area contributed by atoms with Crippen molar-refractivity contribution in [2.45, 2.75) is 19.6 Å². The van der Waals surface area contributed by atoms with Gasteiger partial charge in [0.05, 0.1) is 0 Å². The van der Waals surface area contributed by atoms with Crippen LogP contribution in [0.4, 0.5) is 0 Å². The van der Waals surface area contributed by atoms with Crippen LogP contribution in [0.15, 0.2) is 30.3 Å². The average molecular weight is 236 g/mol. The van der Waals surface area contributed by atoms with Crippen molar-refractivity contribution in [2.24, 2.45) is 5.73 Å². The smallest absolute Gasteiger partial charge is 0.330 e. The number of carbonyl (C=O) groups excluding carboxylic acids is 2. The van der Waals surface area contributed by atoms with Gasteiger partial charge in [-0.3, -0.25) is 4.79 Å². The number of amides is 1. The highest BCUT2D eigenvalue weighted by molar-refractivity contribution is 5.83. The summed E-state index contributed by atoms with van der Waals surface area (Å²) in [6, 6.07) is 8.52. The number of carbonyl (C=O) groups is 2. The molecule has 0 radical (unpaired) electrons. The Kier molecular flexibility index (Phi) is 5.16. The normalized spacial score (nSPS) is 11.6. The Balaban J connectivity index is 2.45. The molecule has 17 heavy (non-hydrogen) atoms. The van der Waals surface area contributed by atoms with E-state index in [1.807, 2.05) is 30.3 Å². The molecule has 1 unspecified atom stereocenters. The predicted octanol–water partition coefficient (Wildman–Crippen LogP) is 0.193. The molecular weight excluding hydrogens is 220 g/mol. The van der Waals surface area contributed by atoms with Gasteiger partial charge in [-0.05, 0) is 5.56 Å². The molecule has 1 rings (SSSR count). The van der Waals surface area contributed by atoms with E-state index in [1.54, 1.807) is 0 Å². The maximum Gasteiger partial charge on any atom is 0.330 e. The van der Waals surface area contributed by atoms with E-state index in [1.165, 1.54) is 6.92 Å². The molecule has 5 nitrogen and oxygen atoms in total. The molecule has 1 aromatic carbocycles.